The van der Waals surface area contributed by atoms with Gasteiger partial charge in [0.25, 0.3) is 0 Å². The number of ketones is 1. The van der Waals surface area contributed by atoms with Crippen molar-refractivity contribution >= 4 is 27.2 Å². The van der Waals surface area contributed by atoms with Crippen LogP contribution in [-0.2, 0) is 32.9 Å². The van der Waals surface area contributed by atoms with Crippen molar-refractivity contribution in [1.29, 1.82) is 0 Å². The lowest BCUT2D eigenvalue weighted by atomic mass is 10.0. The molecule has 0 bridgehead atoms. The van der Waals surface area contributed by atoms with Gasteiger partial charge in [0.15, 0.2) is 5.78 Å². The molecule has 0 amide bonds. The maximum Gasteiger partial charge on any atom is 0.193 e. The highest BCUT2D eigenvalue weighted by molar-refractivity contribution is 7.71. The summed E-state index contributed by atoms with van der Waals surface area (Å²) in [5, 5.41) is 0. The molecule has 0 heterocycles. The first-order valence-corrected chi connectivity index (χ1v) is 9.14. The summed E-state index contributed by atoms with van der Waals surface area (Å²) in [5.74, 6) is -0.297. The standard InChI is InChI=1S/C15H14O5S2/c16-15(13-5-1-11(2-6-13)9-21(17)18)14-7-3-12(4-8-14)10-22(19)20/h1-8,21-22H,9-10H2. The molecular formula is C15H14O5S2. The number of carbonyl (C=O) groups is 1. The number of thiol groups is 2. The highest BCUT2D eigenvalue weighted by atomic mass is 32.2. The van der Waals surface area contributed by atoms with Gasteiger partial charge >= 0.3 is 0 Å². The summed E-state index contributed by atoms with van der Waals surface area (Å²) in [5.41, 5.74) is 2.16. The zero-order valence-corrected chi connectivity index (χ0v) is 13.3. The number of hydrogen-bond donors (Lipinski definition) is 2. The van der Waals surface area contributed by atoms with Crippen molar-refractivity contribution in [3.05, 3.63) is 70.8 Å². The normalized spacial score (nSPS) is 11.0. The molecule has 0 atom stereocenters. The zero-order valence-electron chi connectivity index (χ0n) is 11.5. The van der Waals surface area contributed by atoms with Gasteiger partial charge in [-0.15, -0.1) is 0 Å². The fourth-order valence-electron chi connectivity index (χ4n) is 1.99. The first kappa shape index (κ1) is 16.4. The van der Waals surface area contributed by atoms with E-state index in [-0.39, 0.29) is 17.3 Å². The molecule has 0 spiro atoms. The fourth-order valence-corrected chi connectivity index (χ4v) is 3.01. The zero-order chi connectivity index (χ0) is 16.1. The minimum Gasteiger partial charge on any atom is -0.289 e. The van der Waals surface area contributed by atoms with Gasteiger partial charge in [-0.2, -0.15) is 0 Å². The average Bonchev–Trinajstić information content (AvgIpc) is 2.47. The quantitative estimate of drug-likeness (QED) is 0.609. The van der Waals surface area contributed by atoms with Crippen molar-refractivity contribution in [3.8, 4) is 0 Å². The van der Waals surface area contributed by atoms with Gasteiger partial charge < -0.3 is 0 Å². The van der Waals surface area contributed by atoms with Crippen LogP contribution in [0, 0.1) is 0 Å². The van der Waals surface area contributed by atoms with E-state index in [1.165, 1.54) is 0 Å². The van der Waals surface area contributed by atoms with Crippen LogP contribution in [0.2, 0.25) is 0 Å². The van der Waals surface area contributed by atoms with Gasteiger partial charge in [0.2, 0.25) is 0 Å². The maximum absolute atomic E-state index is 12.3. The predicted octanol–water partition coefficient (Wildman–Crippen LogP) is 1.14. The Bertz CT molecular complexity index is 731. The summed E-state index contributed by atoms with van der Waals surface area (Å²) in [4.78, 5) is 12.3. The minimum absolute atomic E-state index is 0.0497. The number of carbonyl (C=O) groups excluding carboxylic acids is 1. The van der Waals surface area contributed by atoms with Crippen LogP contribution in [0.1, 0.15) is 27.0 Å². The van der Waals surface area contributed by atoms with E-state index in [4.69, 9.17) is 0 Å². The largest absolute Gasteiger partial charge is 0.289 e. The monoisotopic (exact) mass is 338 g/mol. The lowest BCUT2D eigenvalue weighted by Gasteiger charge is -2.03. The van der Waals surface area contributed by atoms with Gasteiger partial charge in [-0.25, -0.2) is 16.8 Å². The van der Waals surface area contributed by atoms with Crippen LogP contribution >= 0.6 is 0 Å². The third kappa shape index (κ3) is 4.51. The second-order valence-electron chi connectivity index (χ2n) is 4.70. The molecule has 0 unspecified atom stereocenters. The highest BCUT2D eigenvalue weighted by Gasteiger charge is 2.09. The topological polar surface area (TPSA) is 85.3 Å². The van der Waals surface area contributed by atoms with Gasteiger partial charge in [-0.05, 0) is 11.1 Å². The molecule has 0 N–H and O–H groups in total. The van der Waals surface area contributed by atoms with Crippen LogP contribution in [0.4, 0.5) is 0 Å². The fraction of sp³-hybridized carbons (Fsp3) is 0.133. The molecule has 0 radical (unpaired) electrons. The molecule has 2 rings (SSSR count). The second kappa shape index (κ2) is 7.33. The van der Waals surface area contributed by atoms with Crippen LogP contribution in [0.15, 0.2) is 48.5 Å². The van der Waals surface area contributed by atoms with Crippen molar-refractivity contribution < 1.29 is 21.6 Å². The van der Waals surface area contributed by atoms with Gasteiger partial charge in [0.1, 0.15) is 21.4 Å². The van der Waals surface area contributed by atoms with E-state index in [2.05, 4.69) is 0 Å². The van der Waals surface area contributed by atoms with Crippen molar-refractivity contribution in [3.63, 3.8) is 0 Å². The van der Waals surface area contributed by atoms with Crippen LogP contribution < -0.4 is 0 Å². The van der Waals surface area contributed by atoms with Crippen LogP contribution in [0.5, 0.6) is 0 Å². The number of hydrogen-bond acceptors (Lipinski definition) is 5. The Morgan fingerprint density at radius 1 is 0.636 bits per heavy atom. The molecule has 0 saturated heterocycles. The first-order chi connectivity index (χ1) is 10.5. The highest BCUT2D eigenvalue weighted by Crippen LogP contribution is 2.13. The third-order valence-corrected chi connectivity index (χ3v) is 4.30. The van der Waals surface area contributed by atoms with E-state index < -0.39 is 21.4 Å². The first-order valence-electron chi connectivity index (χ1n) is 6.42. The van der Waals surface area contributed by atoms with Crippen LogP contribution in [-0.4, -0.2) is 22.6 Å². The lowest BCUT2D eigenvalue weighted by molar-refractivity contribution is 0.103. The Morgan fingerprint density at radius 3 is 1.23 bits per heavy atom. The molecule has 2 aromatic rings. The third-order valence-electron chi connectivity index (χ3n) is 3.06. The van der Waals surface area contributed by atoms with E-state index in [0.717, 1.165) is 0 Å². The number of benzene rings is 2. The summed E-state index contributed by atoms with van der Waals surface area (Å²) in [6.07, 6.45) is 0. The van der Waals surface area contributed by atoms with E-state index in [0.29, 0.717) is 22.3 Å². The molecule has 0 saturated carbocycles. The smallest absolute Gasteiger partial charge is 0.193 e. The van der Waals surface area contributed by atoms with Crippen molar-refractivity contribution in [2.75, 3.05) is 0 Å². The Kier molecular flexibility index (Phi) is 5.46. The van der Waals surface area contributed by atoms with Gasteiger partial charge in [0.05, 0.1) is 11.5 Å². The molecule has 22 heavy (non-hydrogen) atoms. The van der Waals surface area contributed by atoms with E-state index in [1.54, 1.807) is 48.5 Å². The summed E-state index contributed by atoms with van der Waals surface area (Å²) < 4.78 is 42.6. The summed E-state index contributed by atoms with van der Waals surface area (Å²) >= 11 is 0. The van der Waals surface area contributed by atoms with Crippen molar-refractivity contribution in [2.45, 2.75) is 11.5 Å². The Labute approximate surface area is 131 Å². The Morgan fingerprint density at radius 2 is 0.955 bits per heavy atom. The summed E-state index contributed by atoms with van der Waals surface area (Å²) in [7, 11) is -4.98. The SMILES string of the molecule is O=C(c1ccc(C[SH](=O)=O)cc1)c1ccc(C[SH](=O)=O)cc1. The van der Waals surface area contributed by atoms with E-state index in [1.807, 2.05) is 0 Å². The lowest BCUT2D eigenvalue weighted by Crippen LogP contribution is -2.02. The molecule has 116 valence electrons. The summed E-state index contributed by atoms with van der Waals surface area (Å²) in [6, 6.07) is 12.8. The molecule has 0 aromatic heterocycles. The van der Waals surface area contributed by atoms with E-state index >= 15 is 0 Å². The minimum atomic E-state index is -2.49. The molecule has 2 aromatic carbocycles. The predicted molar refractivity (Wildman–Crippen MR) is 84.4 cm³/mol. The average molecular weight is 338 g/mol. The molecule has 0 aliphatic carbocycles. The van der Waals surface area contributed by atoms with Crippen LogP contribution in [0.25, 0.3) is 0 Å². The Hall–Kier alpha value is -1.99. The van der Waals surface area contributed by atoms with E-state index in [9.17, 15) is 21.6 Å². The molecule has 0 fully saturated rings. The Balaban J connectivity index is 2.16. The van der Waals surface area contributed by atoms with Crippen LogP contribution in [0.3, 0.4) is 0 Å². The molecule has 0 aliphatic rings. The maximum atomic E-state index is 12.3. The molecule has 5 nitrogen and oxygen atoms in total. The number of rotatable bonds is 6. The van der Waals surface area contributed by atoms with Gasteiger partial charge in [-0.3, -0.25) is 4.79 Å². The van der Waals surface area contributed by atoms with Gasteiger partial charge in [-0.1, -0.05) is 48.5 Å². The second-order valence-corrected chi connectivity index (χ2v) is 6.67. The van der Waals surface area contributed by atoms with Gasteiger partial charge in [0, 0.05) is 11.1 Å². The van der Waals surface area contributed by atoms with Crippen molar-refractivity contribution in [2.24, 2.45) is 0 Å². The molecular weight excluding hydrogens is 324 g/mol. The molecule has 7 heteroatoms. The molecule has 0 aliphatic heterocycles. The van der Waals surface area contributed by atoms with Crippen molar-refractivity contribution in [1.82, 2.24) is 0 Å². The summed E-state index contributed by atoms with van der Waals surface area (Å²) in [6.45, 7) is 0.